The number of hydrogen-bond donors (Lipinski definition) is 0. The van der Waals surface area contributed by atoms with Crippen LogP contribution in [0.1, 0.15) is 18.1 Å². The van der Waals surface area contributed by atoms with E-state index in [4.69, 9.17) is 0 Å². The topological polar surface area (TPSA) is 0 Å². The number of rotatable bonds is 2. The molecule has 1 aromatic rings. The Hall–Kier alpha value is -0.823. The van der Waals surface area contributed by atoms with Gasteiger partial charge in [0.05, 0.1) is 9.52 Å². The molecule has 1 rings (SSSR count). The molecule has 0 spiro atoms. The van der Waals surface area contributed by atoms with Gasteiger partial charge in [-0.05, 0) is 31.9 Å². The third-order valence-corrected chi connectivity index (χ3v) is 4.20. The first-order valence-electron chi connectivity index (χ1n) is 4.42. The molecule has 12 heavy (non-hydrogen) atoms. The van der Waals surface area contributed by atoms with Gasteiger partial charge in [0.2, 0.25) is 0 Å². The highest BCUT2D eigenvalue weighted by Gasteiger charge is 1.97. The molecule has 0 bridgehead atoms. The molecule has 0 saturated carbocycles. The molecule has 0 unspecified atom stereocenters. The van der Waals surface area contributed by atoms with Crippen molar-refractivity contribution in [3.8, 4) is 0 Å². The van der Waals surface area contributed by atoms with Crippen molar-refractivity contribution < 1.29 is 0 Å². The van der Waals surface area contributed by atoms with Crippen molar-refractivity contribution in [3.05, 3.63) is 41.1 Å². The summed E-state index contributed by atoms with van der Waals surface area (Å²) in [7, 11) is -0.142. The molecular weight excluding hydrogens is 160 g/mol. The van der Waals surface area contributed by atoms with E-state index < -0.39 is 0 Å². The highest BCUT2D eigenvalue weighted by atomic mass is 28.2. The lowest BCUT2D eigenvalue weighted by Crippen LogP contribution is -2.16. The van der Waals surface area contributed by atoms with Crippen LogP contribution in [0.2, 0.25) is 0 Å². The Kier molecular flexibility index (Phi) is 3.29. The minimum absolute atomic E-state index is 0.142. The second-order valence-corrected chi connectivity index (χ2v) is 4.77. The molecule has 0 heterocycles. The van der Waals surface area contributed by atoms with Crippen LogP contribution < -0.4 is 5.19 Å². The Morgan fingerprint density at radius 1 is 1.25 bits per heavy atom. The summed E-state index contributed by atoms with van der Waals surface area (Å²) in [5.41, 5.74) is 5.24. The van der Waals surface area contributed by atoms with E-state index in [0.717, 1.165) is 0 Å². The molecule has 0 nitrogen and oxygen atoms in total. The molecule has 0 N–H and O–H groups in total. The van der Waals surface area contributed by atoms with Crippen molar-refractivity contribution >= 4 is 14.7 Å². The predicted molar refractivity (Wildman–Crippen MR) is 58.9 cm³/mol. The van der Waals surface area contributed by atoms with E-state index in [2.05, 4.69) is 50.7 Å². The van der Waals surface area contributed by atoms with E-state index in [1.165, 1.54) is 11.1 Å². The molecule has 0 aliphatic rings. The van der Waals surface area contributed by atoms with Crippen molar-refractivity contribution in [2.75, 3.05) is 0 Å². The van der Waals surface area contributed by atoms with E-state index in [1.54, 1.807) is 5.19 Å². The number of allylic oxidation sites excluding steroid dienone is 1. The van der Waals surface area contributed by atoms with Gasteiger partial charge in [0.25, 0.3) is 0 Å². The zero-order valence-corrected chi connectivity index (χ0v) is 9.51. The van der Waals surface area contributed by atoms with E-state index in [0.29, 0.717) is 0 Å². The summed E-state index contributed by atoms with van der Waals surface area (Å²) in [5.74, 6) is 0. The van der Waals surface area contributed by atoms with Gasteiger partial charge in [-0.1, -0.05) is 29.5 Å². The van der Waals surface area contributed by atoms with Gasteiger partial charge in [-0.2, -0.15) is 0 Å². The van der Waals surface area contributed by atoms with E-state index in [1.807, 2.05) is 0 Å². The smallest absolute Gasteiger partial charge is 0.0782 e. The van der Waals surface area contributed by atoms with Crippen LogP contribution in [0.25, 0.3) is 0 Å². The van der Waals surface area contributed by atoms with E-state index in [9.17, 15) is 0 Å². The highest BCUT2D eigenvalue weighted by molar-refractivity contribution is 6.59. The molecular formula is C11H16Si. The van der Waals surface area contributed by atoms with Gasteiger partial charge in [-0.3, -0.25) is 0 Å². The van der Waals surface area contributed by atoms with Gasteiger partial charge in [-0.25, -0.2) is 0 Å². The summed E-state index contributed by atoms with van der Waals surface area (Å²) in [5, 5.41) is 1.58. The molecule has 0 fully saturated rings. The Balaban J connectivity index is 2.92. The standard InChI is InChI=1S/C11H16Si/c1-4-8-12-11-7-5-6-9(2)10(11)3/h4-8H,12H2,1-3H3. The molecule has 0 aliphatic carbocycles. The van der Waals surface area contributed by atoms with Crippen molar-refractivity contribution in [2.24, 2.45) is 0 Å². The van der Waals surface area contributed by atoms with Gasteiger partial charge in [0.15, 0.2) is 0 Å². The van der Waals surface area contributed by atoms with Crippen molar-refractivity contribution in [3.63, 3.8) is 0 Å². The van der Waals surface area contributed by atoms with Crippen LogP contribution in [-0.2, 0) is 0 Å². The van der Waals surface area contributed by atoms with Gasteiger partial charge in [0.1, 0.15) is 0 Å². The van der Waals surface area contributed by atoms with Crippen molar-refractivity contribution in [1.82, 2.24) is 0 Å². The molecule has 0 aromatic heterocycles. The van der Waals surface area contributed by atoms with Crippen LogP contribution in [0.15, 0.2) is 30.0 Å². The zero-order chi connectivity index (χ0) is 8.97. The molecule has 64 valence electrons. The summed E-state index contributed by atoms with van der Waals surface area (Å²) in [4.78, 5) is 0. The lowest BCUT2D eigenvalue weighted by molar-refractivity contribution is 1.37. The minimum Gasteiger partial charge on any atom is -0.100 e. The normalized spacial score (nSPS) is 11.9. The van der Waals surface area contributed by atoms with E-state index >= 15 is 0 Å². The third-order valence-electron chi connectivity index (χ3n) is 2.29. The predicted octanol–water partition coefficient (Wildman–Crippen LogP) is 1.63. The van der Waals surface area contributed by atoms with Crippen LogP contribution in [0.3, 0.4) is 0 Å². The quantitative estimate of drug-likeness (QED) is 0.601. The maximum Gasteiger partial charge on any atom is 0.0782 e. The summed E-state index contributed by atoms with van der Waals surface area (Å²) in [6.45, 7) is 6.50. The maximum absolute atomic E-state index is 2.34. The van der Waals surface area contributed by atoms with Gasteiger partial charge in [0, 0.05) is 0 Å². The van der Waals surface area contributed by atoms with Crippen molar-refractivity contribution in [1.29, 1.82) is 0 Å². The summed E-state index contributed by atoms with van der Waals surface area (Å²) >= 11 is 0. The first-order chi connectivity index (χ1) is 5.75. The molecule has 0 atom stereocenters. The maximum atomic E-state index is 2.34. The molecule has 1 aromatic carbocycles. The highest BCUT2D eigenvalue weighted by Crippen LogP contribution is 2.01. The monoisotopic (exact) mass is 176 g/mol. The average Bonchev–Trinajstić information content (AvgIpc) is 2.08. The number of aryl methyl sites for hydroxylation is 1. The Morgan fingerprint density at radius 2 is 2.00 bits per heavy atom. The van der Waals surface area contributed by atoms with Crippen molar-refractivity contribution in [2.45, 2.75) is 20.8 Å². The molecule has 1 heteroatoms. The Morgan fingerprint density at radius 3 is 2.67 bits per heavy atom. The van der Waals surface area contributed by atoms with Gasteiger partial charge in [-0.15, -0.1) is 5.70 Å². The molecule has 0 saturated heterocycles. The first-order valence-corrected chi connectivity index (χ1v) is 5.94. The molecule has 0 radical (unpaired) electrons. The minimum atomic E-state index is -0.142. The summed E-state index contributed by atoms with van der Waals surface area (Å²) in [6, 6.07) is 6.60. The van der Waals surface area contributed by atoms with Crippen LogP contribution in [-0.4, -0.2) is 9.52 Å². The molecule has 0 aliphatic heterocycles. The fourth-order valence-corrected chi connectivity index (χ4v) is 2.62. The number of benzene rings is 1. The second kappa shape index (κ2) is 4.26. The van der Waals surface area contributed by atoms with E-state index in [-0.39, 0.29) is 9.52 Å². The summed E-state index contributed by atoms with van der Waals surface area (Å²) in [6.07, 6.45) is 2.16. The van der Waals surface area contributed by atoms with Gasteiger partial charge >= 0.3 is 0 Å². The van der Waals surface area contributed by atoms with Gasteiger partial charge < -0.3 is 0 Å². The average molecular weight is 176 g/mol. The largest absolute Gasteiger partial charge is 0.100 e. The number of hydrogen-bond acceptors (Lipinski definition) is 0. The van der Waals surface area contributed by atoms with Crippen LogP contribution in [0.4, 0.5) is 0 Å². The third kappa shape index (κ3) is 2.08. The van der Waals surface area contributed by atoms with Crippen LogP contribution >= 0.6 is 0 Å². The first kappa shape index (κ1) is 9.27. The summed E-state index contributed by atoms with van der Waals surface area (Å²) < 4.78 is 0. The zero-order valence-electron chi connectivity index (χ0n) is 8.09. The second-order valence-electron chi connectivity index (χ2n) is 3.13. The lowest BCUT2D eigenvalue weighted by atomic mass is 10.1. The lowest BCUT2D eigenvalue weighted by Gasteiger charge is -2.04. The Labute approximate surface area is 77.1 Å². The fraction of sp³-hybridized carbons (Fsp3) is 0.273. The Bertz CT molecular complexity index is 287. The fourth-order valence-electron chi connectivity index (χ4n) is 1.28. The van der Waals surface area contributed by atoms with Crippen LogP contribution in [0.5, 0.6) is 0 Å². The SMILES string of the molecule is CC=C[SiH2]c1cccc(C)c1C. The van der Waals surface area contributed by atoms with Crippen LogP contribution in [0, 0.1) is 13.8 Å². The molecule has 0 amide bonds.